The van der Waals surface area contributed by atoms with Gasteiger partial charge in [-0.05, 0) is 62.1 Å². The maximum atomic E-state index is 13.2. The molecule has 0 aromatic heterocycles. The van der Waals surface area contributed by atoms with Crippen LogP contribution < -0.4 is 9.04 Å². The summed E-state index contributed by atoms with van der Waals surface area (Å²) >= 11 is 0. The fourth-order valence-electron chi connectivity index (χ4n) is 3.17. The number of hydrogen-bond acceptors (Lipinski definition) is 3. The number of benzene rings is 2. The summed E-state index contributed by atoms with van der Waals surface area (Å²) in [7, 11) is -3.58. The van der Waals surface area contributed by atoms with Crippen LogP contribution in [0.25, 0.3) is 0 Å². The number of para-hydroxylation sites is 1. The molecule has 1 aliphatic rings. The Kier molecular flexibility index (Phi) is 4.54. The second-order valence-electron chi connectivity index (χ2n) is 6.26. The van der Waals surface area contributed by atoms with Crippen molar-refractivity contribution in [2.45, 2.75) is 44.6 Å². The van der Waals surface area contributed by atoms with E-state index in [0.717, 1.165) is 35.4 Å². The molecule has 1 atom stereocenters. The van der Waals surface area contributed by atoms with Crippen molar-refractivity contribution >= 4 is 15.7 Å². The van der Waals surface area contributed by atoms with Gasteiger partial charge in [-0.2, -0.15) is 0 Å². The lowest BCUT2D eigenvalue weighted by Crippen LogP contribution is -2.35. The molecule has 0 N–H and O–H groups in total. The molecule has 0 unspecified atom stereocenters. The minimum Gasteiger partial charge on any atom is -0.493 e. The molecule has 2 aromatic carbocycles. The Morgan fingerprint density at radius 2 is 1.96 bits per heavy atom. The van der Waals surface area contributed by atoms with E-state index in [0.29, 0.717) is 11.5 Å². The summed E-state index contributed by atoms with van der Waals surface area (Å²) in [6.07, 6.45) is 1.66. The molecule has 0 aliphatic carbocycles. The predicted octanol–water partition coefficient (Wildman–Crippen LogP) is 3.92. The average Bonchev–Trinajstić information content (AvgIpc) is 2.90. The summed E-state index contributed by atoms with van der Waals surface area (Å²) < 4.78 is 33.5. The lowest BCUT2D eigenvalue weighted by Gasteiger charge is -2.25. The van der Waals surface area contributed by atoms with Gasteiger partial charge in [-0.25, -0.2) is 8.42 Å². The smallest absolute Gasteiger partial charge is 0.264 e. The Morgan fingerprint density at radius 3 is 2.67 bits per heavy atom. The van der Waals surface area contributed by atoms with Crippen molar-refractivity contribution in [3.05, 3.63) is 53.6 Å². The topological polar surface area (TPSA) is 46.6 Å². The van der Waals surface area contributed by atoms with Crippen molar-refractivity contribution < 1.29 is 13.2 Å². The van der Waals surface area contributed by atoms with Gasteiger partial charge in [0.15, 0.2) is 0 Å². The molecule has 1 aliphatic heterocycles. The van der Waals surface area contributed by atoms with Crippen molar-refractivity contribution in [3.8, 4) is 5.75 Å². The molecule has 24 heavy (non-hydrogen) atoms. The van der Waals surface area contributed by atoms with Crippen LogP contribution in [0.2, 0.25) is 0 Å². The van der Waals surface area contributed by atoms with Gasteiger partial charge >= 0.3 is 0 Å². The van der Waals surface area contributed by atoms with Gasteiger partial charge in [-0.15, -0.1) is 0 Å². The van der Waals surface area contributed by atoms with Gasteiger partial charge in [0.2, 0.25) is 0 Å². The van der Waals surface area contributed by atoms with Crippen LogP contribution in [0.5, 0.6) is 5.75 Å². The first kappa shape index (κ1) is 16.8. The monoisotopic (exact) mass is 345 g/mol. The molecule has 0 saturated heterocycles. The minimum absolute atomic E-state index is 0.0799. The van der Waals surface area contributed by atoms with E-state index in [1.165, 1.54) is 0 Å². The number of ether oxygens (including phenoxy) is 1. The first-order chi connectivity index (χ1) is 11.4. The van der Waals surface area contributed by atoms with E-state index >= 15 is 0 Å². The van der Waals surface area contributed by atoms with E-state index in [-0.39, 0.29) is 6.04 Å². The third-order valence-electron chi connectivity index (χ3n) is 4.31. The van der Waals surface area contributed by atoms with E-state index in [4.69, 9.17) is 4.74 Å². The van der Waals surface area contributed by atoms with Gasteiger partial charge in [0.05, 0.1) is 17.2 Å². The third-order valence-corrected chi connectivity index (χ3v) is 6.23. The van der Waals surface area contributed by atoms with Gasteiger partial charge in [0.25, 0.3) is 10.0 Å². The highest BCUT2D eigenvalue weighted by molar-refractivity contribution is 7.92. The third kappa shape index (κ3) is 2.88. The van der Waals surface area contributed by atoms with Crippen LogP contribution in [-0.2, 0) is 16.4 Å². The zero-order valence-corrected chi connectivity index (χ0v) is 15.1. The van der Waals surface area contributed by atoms with Crippen LogP contribution in [-0.4, -0.2) is 21.1 Å². The second kappa shape index (κ2) is 6.48. The van der Waals surface area contributed by atoms with Gasteiger partial charge in [-0.1, -0.05) is 25.1 Å². The maximum absolute atomic E-state index is 13.2. The van der Waals surface area contributed by atoms with Crippen LogP contribution in [0, 0.1) is 6.92 Å². The summed E-state index contributed by atoms with van der Waals surface area (Å²) in [5.74, 6) is 0.741. The lowest BCUT2D eigenvalue weighted by atomic mass is 10.1. The fraction of sp³-hybridized carbons (Fsp3) is 0.368. The van der Waals surface area contributed by atoms with E-state index in [9.17, 15) is 8.42 Å². The maximum Gasteiger partial charge on any atom is 0.264 e. The molecular formula is C19H23NO3S. The van der Waals surface area contributed by atoms with Crippen molar-refractivity contribution in [1.82, 2.24) is 0 Å². The molecule has 2 aromatic rings. The molecule has 3 rings (SSSR count). The number of anilines is 1. The van der Waals surface area contributed by atoms with Crippen LogP contribution in [0.1, 0.15) is 31.4 Å². The zero-order chi connectivity index (χ0) is 17.3. The van der Waals surface area contributed by atoms with Crippen molar-refractivity contribution in [1.29, 1.82) is 0 Å². The highest BCUT2D eigenvalue weighted by Crippen LogP contribution is 2.37. The number of fused-ring (bicyclic) bond motifs is 1. The molecule has 5 heteroatoms. The Labute approximate surface area is 144 Å². The van der Waals surface area contributed by atoms with E-state index in [1.54, 1.807) is 22.5 Å². The normalized spacial score (nSPS) is 17.0. The van der Waals surface area contributed by atoms with Crippen molar-refractivity contribution in [3.63, 3.8) is 0 Å². The summed E-state index contributed by atoms with van der Waals surface area (Å²) in [5, 5.41) is 0. The molecule has 0 radical (unpaired) electrons. The summed E-state index contributed by atoms with van der Waals surface area (Å²) in [6.45, 7) is 6.50. The van der Waals surface area contributed by atoms with Gasteiger partial charge in [-0.3, -0.25) is 4.31 Å². The van der Waals surface area contributed by atoms with Crippen molar-refractivity contribution in [2.75, 3.05) is 10.9 Å². The number of sulfonamides is 1. The highest BCUT2D eigenvalue weighted by Gasteiger charge is 2.35. The standard InChI is InChI=1S/C19H23NO3S/c1-4-11-23-19-10-9-17(12-14(19)2)24(21,22)20-15(3)13-16-7-5-6-8-18(16)20/h5-10,12,15H,4,11,13H2,1-3H3/t15-/m0/s1. The highest BCUT2D eigenvalue weighted by atomic mass is 32.2. The summed E-state index contributed by atoms with van der Waals surface area (Å²) in [4.78, 5) is 0.312. The molecule has 0 amide bonds. The molecule has 0 spiro atoms. The van der Waals surface area contributed by atoms with Crippen molar-refractivity contribution in [2.24, 2.45) is 0 Å². The van der Waals surface area contributed by atoms with Gasteiger partial charge in [0, 0.05) is 6.04 Å². The minimum atomic E-state index is -3.58. The van der Waals surface area contributed by atoms with Gasteiger partial charge < -0.3 is 4.74 Å². The molecule has 0 bridgehead atoms. The molecule has 128 valence electrons. The molecule has 0 saturated carbocycles. The lowest BCUT2D eigenvalue weighted by molar-refractivity contribution is 0.315. The molecule has 1 heterocycles. The average molecular weight is 345 g/mol. The van der Waals surface area contributed by atoms with E-state index in [2.05, 4.69) is 0 Å². The number of nitrogens with zero attached hydrogens (tertiary/aromatic N) is 1. The van der Waals surface area contributed by atoms with E-state index in [1.807, 2.05) is 45.0 Å². The molecular weight excluding hydrogens is 322 g/mol. The summed E-state index contributed by atoms with van der Waals surface area (Å²) in [5.41, 5.74) is 2.70. The number of aryl methyl sites for hydroxylation is 1. The van der Waals surface area contributed by atoms with Gasteiger partial charge in [0.1, 0.15) is 5.75 Å². The Hall–Kier alpha value is -2.01. The first-order valence-electron chi connectivity index (χ1n) is 8.31. The quantitative estimate of drug-likeness (QED) is 0.825. The SMILES string of the molecule is CCCOc1ccc(S(=O)(=O)N2c3ccccc3C[C@@H]2C)cc1C. The summed E-state index contributed by atoms with van der Waals surface area (Å²) in [6, 6.07) is 12.7. The second-order valence-corrected chi connectivity index (χ2v) is 8.07. The Balaban J connectivity index is 1.98. The largest absolute Gasteiger partial charge is 0.493 e. The first-order valence-corrected chi connectivity index (χ1v) is 9.75. The molecule has 4 nitrogen and oxygen atoms in total. The Bertz CT molecular complexity index is 845. The Morgan fingerprint density at radius 1 is 1.21 bits per heavy atom. The molecule has 0 fully saturated rings. The van der Waals surface area contributed by atoms with Crippen LogP contribution in [0.3, 0.4) is 0 Å². The number of rotatable bonds is 5. The fourth-order valence-corrected chi connectivity index (χ4v) is 4.95. The zero-order valence-electron chi connectivity index (χ0n) is 14.3. The number of hydrogen-bond donors (Lipinski definition) is 0. The van der Waals surface area contributed by atoms with Crippen LogP contribution in [0.4, 0.5) is 5.69 Å². The predicted molar refractivity (Wildman–Crippen MR) is 96.2 cm³/mol. The van der Waals surface area contributed by atoms with E-state index < -0.39 is 10.0 Å². The van der Waals surface area contributed by atoms with Crippen LogP contribution in [0.15, 0.2) is 47.4 Å². The van der Waals surface area contributed by atoms with Crippen LogP contribution >= 0.6 is 0 Å².